The first-order chi connectivity index (χ1) is 9.02. The van der Waals surface area contributed by atoms with Crippen LogP contribution in [0.3, 0.4) is 0 Å². The maximum atomic E-state index is 11.2. The zero-order chi connectivity index (χ0) is 14.0. The number of hydrogen-bond donors (Lipinski definition) is 1. The molecule has 0 bridgehead atoms. The zero-order valence-corrected chi connectivity index (χ0v) is 12.0. The SMILES string of the molecule is CN(C)CC1CC(O)CN1c1c(Cl)cccc1C=O. The minimum absolute atomic E-state index is 0.170. The maximum absolute atomic E-state index is 11.2. The van der Waals surface area contributed by atoms with Gasteiger partial charge in [0.05, 0.1) is 16.8 Å². The molecule has 1 N–H and O–H groups in total. The van der Waals surface area contributed by atoms with Crippen LogP contribution in [0.1, 0.15) is 16.8 Å². The number of aliphatic hydroxyl groups excluding tert-OH is 1. The summed E-state index contributed by atoms with van der Waals surface area (Å²) in [6.45, 7) is 1.34. The van der Waals surface area contributed by atoms with Crippen molar-refractivity contribution in [1.82, 2.24) is 4.90 Å². The molecule has 2 atom stereocenters. The number of nitrogens with zero attached hydrogens (tertiary/aromatic N) is 2. The fraction of sp³-hybridized carbons (Fsp3) is 0.500. The van der Waals surface area contributed by atoms with Crippen molar-refractivity contribution in [3.8, 4) is 0 Å². The van der Waals surface area contributed by atoms with Crippen LogP contribution >= 0.6 is 11.6 Å². The fourth-order valence-electron chi connectivity index (χ4n) is 2.69. The second kappa shape index (κ2) is 5.90. The van der Waals surface area contributed by atoms with Gasteiger partial charge in [0.25, 0.3) is 0 Å². The van der Waals surface area contributed by atoms with Gasteiger partial charge in [0.15, 0.2) is 6.29 Å². The summed E-state index contributed by atoms with van der Waals surface area (Å²) < 4.78 is 0. The summed E-state index contributed by atoms with van der Waals surface area (Å²) in [4.78, 5) is 15.3. The summed E-state index contributed by atoms with van der Waals surface area (Å²) in [7, 11) is 3.99. The third-order valence-corrected chi connectivity index (χ3v) is 3.71. The van der Waals surface area contributed by atoms with Gasteiger partial charge in [-0.15, -0.1) is 0 Å². The monoisotopic (exact) mass is 282 g/mol. The van der Waals surface area contributed by atoms with Crippen LogP contribution in [0.4, 0.5) is 5.69 Å². The number of para-hydroxylation sites is 1. The molecule has 0 radical (unpaired) electrons. The summed E-state index contributed by atoms with van der Waals surface area (Å²) in [6, 6.07) is 5.47. The van der Waals surface area contributed by atoms with Crippen LogP contribution in [0.2, 0.25) is 5.02 Å². The molecule has 104 valence electrons. The highest BCUT2D eigenvalue weighted by molar-refractivity contribution is 6.34. The highest BCUT2D eigenvalue weighted by atomic mass is 35.5. The van der Waals surface area contributed by atoms with Crippen molar-refractivity contribution in [2.75, 3.05) is 32.1 Å². The number of anilines is 1. The van der Waals surface area contributed by atoms with E-state index in [0.29, 0.717) is 23.6 Å². The normalized spacial score (nSPS) is 23.1. The first-order valence-electron chi connectivity index (χ1n) is 6.36. The molecule has 1 heterocycles. The van der Waals surface area contributed by atoms with Crippen LogP contribution in [-0.2, 0) is 0 Å². The highest BCUT2D eigenvalue weighted by Crippen LogP contribution is 2.34. The van der Waals surface area contributed by atoms with Crippen LogP contribution in [0, 0.1) is 0 Å². The Labute approximate surface area is 118 Å². The van der Waals surface area contributed by atoms with Gasteiger partial charge >= 0.3 is 0 Å². The summed E-state index contributed by atoms with van der Waals surface area (Å²) in [6.07, 6.45) is 1.14. The van der Waals surface area contributed by atoms with E-state index in [0.717, 1.165) is 18.5 Å². The molecular weight excluding hydrogens is 264 g/mol. The van der Waals surface area contributed by atoms with Gasteiger partial charge < -0.3 is 14.9 Å². The molecule has 0 amide bonds. The Bertz CT molecular complexity index is 465. The predicted octanol–water partition coefficient (Wildman–Crippen LogP) is 1.65. The van der Waals surface area contributed by atoms with Crippen molar-refractivity contribution in [3.05, 3.63) is 28.8 Å². The van der Waals surface area contributed by atoms with E-state index < -0.39 is 0 Å². The van der Waals surface area contributed by atoms with Crippen LogP contribution in [0.5, 0.6) is 0 Å². The number of rotatable bonds is 4. The second-order valence-electron chi connectivity index (χ2n) is 5.25. The lowest BCUT2D eigenvalue weighted by atomic mass is 10.1. The fourth-order valence-corrected chi connectivity index (χ4v) is 2.98. The molecule has 19 heavy (non-hydrogen) atoms. The summed E-state index contributed by atoms with van der Waals surface area (Å²) in [5.74, 6) is 0. The summed E-state index contributed by atoms with van der Waals surface area (Å²) in [5.41, 5.74) is 1.31. The van der Waals surface area contributed by atoms with Crippen LogP contribution in [-0.4, -0.2) is 55.6 Å². The third kappa shape index (κ3) is 3.08. The van der Waals surface area contributed by atoms with Gasteiger partial charge in [-0.3, -0.25) is 4.79 Å². The molecule has 0 spiro atoms. The lowest BCUT2D eigenvalue weighted by molar-refractivity contribution is 0.112. The number of carbonyl (C=O) groups is 1. The van der Waals surface area contributed by atoms with Crippen LogP contribution in [0.25, 0.3) is 0 Å². The average molecular weight is 283 g/mol. The lowest BCUT2D eigenvalue weighted by Gasteiger charge is -2.30. The number of benzene rings is 1. The Morgan fingerprint density at radius 3 is 2.89 bits per heavy atom. The molecule has 0 aromatic heterocycles. The number of halogens is 1. The standard InChI is InChI=1S/C14H19ClN2O2/c1-16(2)7-11-6-12(19)8-17(11)14-10(9-18)4-3-5-13(14)15/h3-5,9,11-12,19H,6-8H2,1-2H3. The van der Waals surface area contributed by atoms with Crippen molar-refractivity contribution in [1.29, 1.82) is 0 Å². The van der Waals surface area contributed by atoms with Gasteiger partial charge in [0.2, 0.25) is 0 Å². The van der Waals surface area contributed by atoms with Crippen molar-refractivity contribution in [3.63, 3.8) is 0 Å². The van der Waals surface area contributed by atoms with E-state index in [4.69, 9.17) is 11.6 Å². The van der Waals surface area contributed by atoms with Gasteiger partial charge in [-0.2, -0.15) is 0 Å². The Kier molecular flexibility index (Phi) is 4.45. The number of aliphatic hydroxyl groups is 1. The third-order valence-electron chi connectivity index (χ3n) is 3.40. The van der Waals surface area contributed by atoms with Gasteiger partial charge in [-0.1, -0.05) is 17.7 Å². The zero-order valence-electron chi connectivity index (χ0n) is 11.2. The van der Waals surface area contributed by atoms with E-state index in [2.05, 4.69) is 9.80 Å². The van der Waals surface area contributed by atoms with Crippen molar-refractivity contribution >= 4 is 23.6 Å². The summed E-state index contributed by atoms with van der Waals surface area (Å²) >= 11 is 6.24. The summed E-state index contributed by atoms with van der Waals surface area (Å²) in [5, 5.41) is 10.5. The quantitative estimate of drug-likeness (QED) is 0.853. The van der Waals surface area contributed by atoms with E-state index in [9.17, 15) is 9.90 Å². The van der Waals surface area contributed by atoms with Crippen molar-refractivity contribution in [2.45, 2.75) is 18.6 Å². The van der Waals surface area contributed by atoms with E-state index in [1.807, 2.05) is 14.1 Å². The van der Waals surface area contributed by atoms with E-state index in [1.54, 1.807) is 18.2 Å². The molecule has 0 saturated carbocycles. The largest absolute Gasteiger partial charge is 0.391 e. The highest BCUT2D eigenvalue weighted by Gasteiger charge is 2.33. The molecule has 1 fully saturated rings. The topological polar surface area (TPSA) is 43.8 Å². The number of carbonyl (C=O) groups excluding carboxylic acids is 1. The first-order valence-corrected chi connectivity index (χ1v) is 6.74. The molecule has 0 aliphatic carbocycles. The average Bonchev–Trinajstić information content (AvgIpc) is 2.68. The van der Waals surface area contributed by atoms with E-state index in [1.165, 1.54) is 0 Å². The molecule has 2 rings (SSSR count). The lowest BCUT2D eigenvalue weighted by Crippen LogP contribution is -2.38. The number of hydrogen-bond acceptors (Lipinski definition) is 4. The maximum Gasteiger partial charge on any atom is 0.152 e. The molecule has 1 aromatic carbocycles. The molecule has 4 nitrogen and oxygen atoms in total. The molecule has 1 saturated heterocycles. The minimum atomic E-state index is -0.374. The van der Waals surface area contributed by atoms with Crippen molar-refractivity contribution < 1.29 is 9.90 Å². The Hall–Kier alpha value is -1.10. The predicted molar refractivity (Wildman–Crippen MR) is 77.2 cm³/mol. The molecule has 5 heteroatoms. The molecule has 1 aliphatic rings. The first kappa shape index (κ1) is 14.3. The molecule has 2 unspecified atom stereocenters. The molecule has 1 aromatic rings. The number of aldehydes is 1. The number of likely N-dealkylation sites (N-methyl/N-ethyl adjacent to an activating group) is 1. The van der Waals surface area contributed by atoms with E-state index >= 15 is 0 Å². The second-order valence-corrected chi connectivity index (χ2v) is 5.66. The smallest absolute Gasteiger partial charge is 0.152 e. The van der Waals surface area contributed by atoms with Gasteiger partial charge in [0.1, 0.15) is 0 Å². The number of β-amino-alcohol motifs (C(OH)–C–C–N with tert-alkyl or cyclic N) is 1. The minimum Gasteiger partial charge on any atom is -0.391 e. The van der Waals surface area contributed by atoms with Crippen LogP contribution < -0.4 is 4.90 Å². The van der Waals surface area contributed by atoms with E-state index in [-0.39, 0.29) is 12.1 Å². The van der Waals surface area contributed by atoms with Gasteiger partial charge in [-0.05, 0) is 32.6 Å². The van der Waals surface area contributed by atoms with Gasteiger partial charge in [0, 0.05) is 24.7 Å². The molecule has 1 aliphatic heterocycles. The van der Waals surface area contributed by atoms with Crippen molar-refractivity contribution in [2.24, 2.45) is 0 Å². The van der Waals surface area contributed by atoms with Gasteiger partial charge in [-0.25, -0.2) is 0 Å². The Morgan fingerprint density at radius 2 is 2.26 bits per heavy atom. The Balaban J connectivity index is 2.36. The Morgan fingerprint density at radius 1 is 1.53 bits per heavy atom. The molecular formula is C14H19ClN2O2. The van der Waals surface area contributed by atoms with Crippen LogP contribution in [0.15, 0.2) is 18.2 Å².